The van der Waals surface area contributed by atoms with Gasteiger partial charge >= 0.3 is 5.97 Å². The Morgan fingerprint density at radius 1 is 1.64 bits per heavy atom. The van der Waals surface area contributed by atoms with Crippen LogP contribution in [0.1, 0.15) is 26.2 Å². The average Bonchev–Trinajstić information content (AvgIpc) is 2.17. The number of likely N-dealkylation sites (tertiary alicyclic amines) is 1. The maximum atomic E-state index is 10.7. The molecule has 0 saturated carbocycles. The molecule has 0 aliphatic carbocycles. The molecule has 1 N–H and O–H groups in total. The Morgan fingerprint density at radius 3 is 2.86 bits per heavy atom. The van der Waals surface area contributed by atoms with Gasteiger partial charge in [-0.3, -0.25) is 4.79 Å². The molecule has 0 aromatic carbocycles. The summed E-state index contributed by atoms with van der Waals surface area (Å²) in [6, 6.07) is 0. The van der Waals surface area contributed by atoms with E-state index in [1.54, 1.807) is 7.11 Å². The zero-order valence-electron chi connectivity index (χ0n) is 8.95. The fourth-order valence-corrected chi connectivity index (χ4v) is 2.12. The number of hydrogen-bond donors (Lipinski definition) is 1. The fraction of sp³-hybridized carbons (Fsp3) is 0.900. The van der Waals surface area contributed by atoms with Crippen LogP contribution in [0, 0.1) is 0 Å². The molecule has 0 aromatic heterocycles. The molecular formula is C10H19NO3. The molecule has 4 heteroatoms. The smallest absolute Gasteiger partial charge is 0.306 e. The summed E-state index contributed by atoms with van der Waals surface area (Å²) in [6.45, 7) is 4.85. The number of carboxylic acids is 1. The molecule has 1 saturated heterocycles. The molecule has 1 aliphatic heterocycles. The summed E-state index contributed by atoms with van der Waals surface area (Å²) in [5, 5.41) is 8.82. The van der Waals surface area contributed by atoms with Gasteiger partial charge in [0.15, 0.2) is 0 Å². The molecular weight excluding hydrogens is 182 g/mol. The van der Waals surface area contributed by atoms with Gasteiger partial charge in [-0.05, 0) is 25.9 Å². The van der Waals surface area contributed by atoms with E-state index in [0.29, 0.717) is 0 Å². The minimum atomic E-state index is -0.773. The van der Waals surface area contributed by atoms with Gasteiger partial charge in [-0.2, -0.15) is 0 Å². The molecule has 0 aromatic rings. The molecule has 0 spiro atoms. The Morgan fingerprint density at radius 2 is 2.36 bits per heavy atom. The van der Waals surface area contributed by atoms with E-state index >= 15 is 0 Å². The van der Waals surface area contributed by atoms with Gasteiger partial charge in [0.25, 0.3) is 0 Å². The van der Waals surface area contributed by atoms with E-state index in [1.807, 2.05) is 0 Å². The topological polar surface area (TPSA) is 49.8 Å². The summed E-state index contributed by atoms with van der Waals surface area (Å²) in [4.78, 5) is 13.0. The highest BCUT2D eigenvalue weighted by Gasteiger charge is 2.36. The predicted octanol–water partition coefficient (Wildman–Crippen LogP) is 0.962. The average molecular weight is 201 g/mol. The molecule has 1 rings (SSSR count). The Bertz CT molecular complexity index is 208. The van der Waals surface area contributed by atoms with E-state index in [1.165, 1.54) is 0 Å². The van der Waals surface area contributed by atoms with Crippen LogP contribution in [0.2, 0.25) is 0 Å². The summed E-state index contributed by atoms with van der Waals surface area (Å²) >= 11 is 0. The Kier molecular flexibility index (Phi) is 3.89. The maximum Gasteiger partial charge on any atom is 0.306 e. The van der Waals surface area contributed by atoms with Gasteiger partial charge < -0.3 is 14.7 Å². The number of rotatable bonds is 4. The lowest BCUT2D eigenvalue weighted by atomic mass is 9.89. The zero-order valence-corrected chi connectivity index (χ0v) is 8.95. The quantitative estimate of drug-likeness (QED) is 0.736. The number of ether oxygens (including phenoxy) is 1. The van der Waals surface area contributed by atoms with Gasteiger partial charge in [-0.1, -0.05) is 6.92 Å². The van der Waals surface area contributed by atoms with Crippen LogP contribution in [0.15, 0.2) is 0 Å². The molecule has 14 heavy (non-hydrogen) atoms. The van der Waals surface area contributed by atoms with Crippen LogP contribution in [0.4, 0.5) is 0 Å². The second kappa shape index (κ2) is 4.75. The number of carbonyl (C=O) groups is 1. The van der Waals surface area contributed by atoms with Crippen LogP contribution in [0.25, 0.3) is 0 Å². The maximum absolute atomic E-state index is 10.7. The van der Waals surface area contributed by atoms with Crippen molar-refractivity contribution >= 4 is 5.97 Å². The van der Waals surface area contributed by atoms with Gasteiger partial charge in [0.05, 0.1) is 12.0 Å². The third-order valence-electron chi connectivity index (χ3n) is 2.97. The van der Waals surface area contributed by atoms with Crippen molar-refractivity contribution < 1.29 is 14.6 Å². The van der Waals surface area contributed by atoms with Crippen molar-refractivity contribution in [3.05, 3.63) is 0 Å². The highest BCUT2D eigenvalue weighted by atomic mass is 16.5. The molecule has 1 heterocycles. The molecule has 1 atom stereocenters. The SMILES string of the molecule is CCN1CCCC(CC(=O)O)(OC)C1. The van der Waals surface area contributed by atoms with E-state index in [0.717, 1.165) is 32.5 Å². The van der Waals surface area contributed by atoms with Crippen molar-refractivity contribution in [2.75, 3.05) is 26.7 Å². The first kappa shape index (κ1) is 11.5. The summed E-state index contributed by atoms with van der Waals surface area (Å²) in [7, 11) is 1.61. The van der Waals surface area contributed by atoms with Gasteiger partial charge in [0.1, 0.15) is 0 Å². The highest BCUT2D eigenvalue weighted by Crippen LogP contribution is 2.27. The number of methoxy groups -OCH3 is 1. The second-order valence-corrected chi connectivity index (χ2v) is 3.93. The molecule has 82 valence electrons. The molecule has 1 aliphatic rings. The number of likely N-dealkylation sites (N-methyl/N-ethyl adjacent to an activating group) is 1. The van der Waals surface area contributed by atoms with E-state index in [4.69, 9.17) is 9.84 Å². The van der Waals surface area contributed by atoms with Crippen molar-refractivity contribution in [1.29, 1.82) is 0 Å². The van der Waals surface area contributed by atoms with Crippen molar-refractivity contribution in [2.45, 2.75) is 31.8 Å². The first-order valence-corrected chi connectivity index (χ1v) is 5.11. The first-order valence-electron chi connectivity index (χ1n) is 5.11. The normalized spacial score (nSPS) is 29.0. The van der Waals surface area contributed by atoms with E-state index in [-0.39, 0.29) is 6.42 Å². The number of piperidine rings is 1. The lowest BCUT2D eigenvalue weighted by molar-refractivity contribution is -0.147. The van der Waals surface area contributed by atoms with Crippen LogP contribution < -0.4 is 0 Å². The summed E-state index contributed by atoms with van der Waals surface area (Å²) in [5.74, 6) is -0.773. The summed E-state index contributed by atoms with van der Waals surface area (Å²) in [6.07, 6.45) is 1.99. The summed E-state index contributed by atoms with van der Waals surface area (Å²) < 4.78 is 5.40. The van der Waals surface area contributed by atoms with Gasteiger partial charge in [0.2, 0.25) is 0 Å². The Hall–Kier alpha value is -0.610. The van der Waals surface area contributed by atoms with Crippen molar-refractivity contribution in [3.8, 4) is 0 Å². The first-order chi connectivity index (χ1) is 6.62. The van der Waals surface area contributed by atoms with Crippen LogP contribution in [-0.4, -0.2) is 48.3 Å². The molecule has 0 radical (unpaired) electrons. The van der Waals surface area contributed by atoms with E-state index in [9.17, 15) is 4.79 Å². The molecule has 0 amide bonds. The van der Waals surface area contributed by atoms with E-state index < -0.39 is 11.6 Å². The summed E-state index contributed by atoms with van der Waals surface area (Å²) in [5.41, 5.74) is -0.458. The fourth-order valence-electron chi connectivity index (χ4n) is 2.12. The molecule has 1 fully saturated rings. The highest BCUT2D eigenvalue weighted by molar-refractivity contribution is 5.68. The number of aliphatic carboxylic acids is 1. The van der Waals surface area contributed by atoms with Gasteiger partial charge in [-0.25, -0.2) is 0 Å². The third kappa shape index (κ3) is 2.69. The Balaban J connectivity index is 2.62. The predicted molar refractivity (Wildman–Crippen MR) is 53.3 cm³/mol. The standard InChI is InChI=1S/C10H19NO3/c1-3-11-6-4-5-10(8-11,14-2)7-9(12)13/h3-8H2,1-2H3,(H,12,13). The second-order valence-electron chi connectivity index (χ2n) is 3.93. The molecule has 1 unspecified atom stereocenters. The largest absolute Gasteiger partial charge is 0.481 e. The van der Waals surface area contributed by atoms with Crippen LogP contribution in [0.5, 0.6) is 0 Å². The number of hydrogen-bond acceptors (Lipinski definition) is 3. The van der Waals surface area contributed by atoms with Crippen molar-refractivity contribution in [3.63, 3.8) is 0 Å². The van der Waals surface area contributed by atoms with Crippen molar-refractivity contribution in [1.82, 2.24) is 4.90 Å². The third-order valence-corrected chi connectivity index (χ3v) is 2.97. The Labute approximate surface area is 84.8 Å². The number of carboxylic acid groups (broad SMARTS) is 1. The lowest BCUT2D eigenvalue weighted by Gasteiger charge is -2.40. The molecule has 0 bridgehead atoms. The van der Waals surface area contributed by atoms with Crippen LogP contribution in [0.3, 0.4) is 0 Å². The monoisotopic (exact) mass is 201 g/mol. The number of nitrogens with zero attached hydrogens (tertiary/aromatic N) is 1. The van der Waals surface area contributed by atoms with Gasteiger partial charge in [-0.15, -0.1) is 0 Å². The van der Waals surface area contributed by atoms with E-state index in [2.05, 4.69) is 11.8 Å². The van der Waals surface area contributed by atoms with Crippen LogP contribution in [-0.2, 0) is 9.53 Å². The lowest BCUT2D eigenvalue weighted by Crippen LogP contribution is -2.50. The minimum Gasteiger partial charge on any atom is -0.481 e. The van der Waals surface area contributed by atoms with Crippen molar-refractivity contribution in [2.24, 2.45) is 0 Å². The molecule has 4 nitrogen and oxygen atoms in total. The van der Waals surface area contributed by atoms with Crippen LogP contribution >= 0.6 is 0 Å². The minimum absolute atomic E-state index is 0.111. The van der Waals surface area contributed by atoms with Gasteiger partial charge in [0, 0.05) is 13.7 Å². The zero-order chi connectivity index (χ0) is 10.6.